The Morgan fingerprint density at radius 3 is 2.76 bits per heavy atom. The van der Waals surface area contributed by atoms with E-state index in [0.29, 0.717) is 47.4 Å². The summed E-state index contributed by atoms with van der Waals surface area (Å²) >= 11 is 0.713. The molecule has 194 valence electrons. The zero-order valence-electron chi connectivity index (χ0n) is 20.4. The Balaban J connectivity index is 1.67. The van der Waals surface area contributed by atoms with Crippen LogP contribution >= 0.6 is 11.3 Å². The second kappa shape index (κ2) is 11.2. The molecule has 0 aliphatic carbocycles. The third-order valence-corrected chi connectivity index (χ3v) is 7.26. The first-order chi connectivity index (χ1) is 17.7. The van der Waals surface area contributed by atoms with Crippen molar-refractivity contribution in [1.29, 1.82) is 5.26 Å². The van der Waals surface area contributed by atoms with Crippen molar-refractivity contribution in [2.24, 2.45) is 5.92 Å². The second-order valence-electron chi connectivity index (χ2n) is 9.21. The summed E-state index contributed by atoms with van der Waals surface area (Å²) in [5.74, 6) is -0.640. The third-order valence-electron chi connectivity index (χ3n) is 6.17. The molecule has 4 rings (SSSR count). The first-order valence-electron chi connectivity index (χ1n) is 11.9. The molecule has 2 amide bonds. The average molecular weight is 528 g/mol. The molecule has 0 saturated carbocycles. The van der Waals surface area contributed by atoms with Crippen LogP contribution in [0.15, 0.2) is 42.0 Å². The summed E-state index contributed by atoms with van der Waals surface area (Å²) in [7, 11) is 0. The number of imidazole rings is 1. The number of amides is 2. The number of benzene rings is 1. The predicted molar refractivity (Wildman–Crippen MR) is 136 cm³/mol. The van der Waals surface area contributed by atoms with Crippen molar-refractivity contribution >= 4 is 40.1 Å². The Morgan fingerprint density at radius 1 is 1.32 bits per heavy atom. The monoisotopic (exact) mass is 527 g/mol. The van der Waals surface area contributed by atoms with Crippen molar-refractivity contribution < 1.29 is 23.5 Å². The minimum Gasteiger partial charge on any atom is -0.392 e. The van der Waals surface area contributed by atoms with Gasteiger partial charge in [0.2, 0.25) is 5.95 Å². The number of hydrogen-bond donors (Lipinski definition) is 2. The lowest BCUT2D eigenvalue weighted by Crippen LogP contribution is -2.39. The van der Waals surface area contributed by atoms with Crippen molar-refractivity contribution in [2.45, 2.75) is 52.3 Å². The Labute approximate surface area is 216 Å². The number of carbonyl (C=O) groups is 2. The number of hydrogen-bond acceptors (Lipinski definition) is 6. The van der Waals surface area contributed by atoms with Gasteiger partial charge in [-0.05, 0) is 48.6 Å². The minimum atomic E-state index is -2.66. The molecule has 0 unspecified atom stereocenters. The normalized spacial score (nSPS) is 16.1. The van der Waals surface area contributed by atoms with E-state index in [1.54, 1.807) is 33.7 Å². The molecule has 0 spiro atoms. The largest absolute Gasteiger partial charge is 0.392 e. The summed E-state index contributed by atoms with van der Waals surface area (Å²) in [6.07, 6.45) is 0.463. The van der Waals surface area contributed by atoms with Crippen LogP contribution in [0.2, 0.25) is 0 Å². The fourth-order valence-corrected chi connectivity index (χ4v) is 5.22. The molecule has 0 radical (unpaired) electrons. The van der Waals surface area contributed by atoms with Crippen molar-refractivity contribution in [1.82, 2.24) is 14.5 Å². The van der Waals surface area contributed by atoms with E-state index in [0.717, 1.165) is 6.42 Å². The molecule has 1 saturated heterocycles. The van der Waals surface area contributed by atoms with Gasteiger partial charge in [0, 0.05) is 13.1 Å². The number of aromatic nitrogens is 2. The topological polar surface area (TPSA) is 111 Å². The first kappa shape index (κ1) is 26.4. The maximum absolute atomic E-state index is 13.2. The van der Waals surface area contributed by atoms with Gasteiger partial charge in [-0.25, -0.2) is 13.8 Å². The fraction of sp³-hybridized carbons (Fsp3) is 0.385. The number of nitriles is 1. The van der Waals surface area contributed by atoms with Gasteiger partial charge in [-0.2, -0.15) is 5.26 Å². The van der Waals surface area contributed by atoms with Gasteiger partial charge >= 0.3 is 0 Å². The van der Waals surface area contributed by atoms with Crippen molar-refractivity contribution in [3.63, 3.8) is 0 Å². The summed E-state index contributed by atoms with van der Waals surface area (Å²) in [5.41, 5.74) is 1.97. The van der Waals surface area contributed by atoms with E-state index in [4.69, 9.17) is 0 Å². The molecule has 37 heavy (non-hydrogen) atoms. The number of aliphatic hydroxyl groups excluding tert-OH is 1. The number of alkyl halides is 2. The highest BCUT2D eigenvalue weighted by Gasteiger charge is 2.32. The number of aliphatic hydroxyl groups is 1. The van der Waals surface area contributed by atoms with Crippen molar-refractivity contribution in [2.75, 3.05) is 11.9 Å². The maximum Gasteiger partial charge on any atom is 0.272 e. The zero-order valence-corrected chi connectivity index (χ0v) is 21.3. The second-order valence-corrected chi connectivity index (χ2v) is 10.3. The van der Waals surface area contributed by atoms with E-state index >= 15 is 0 Å². The van der Waals surface area contributed by atoms with Crippen LogP contribution in [0.5, 0.6) is 0 Å². The lowest BCUT2D eigenvalue weighted by Gasteiger charge is -2.26. The Kier molecular flexibility index (Phi) is 8.00. The summed E-state index contributed by atoms with van der Waals surface area (Å²) in [4.78, 5) is 32.2. The number of nitrogens with one attached hydrogen (secondary N) is 1. The highest BCUT2D eigenvalue weighted by atomic mass is 32.1. The van der Waals surface area contributed by atoms with Crippen LogP contribution in [-0.2, 0) is 17.9 Å². The number of carbonyl (C=O) groups excluding carboxylic acids is 2. The smallest absolute Gasteiger partial charge is 0.272 e. The molecule has 1 aliphatic heterocycles. The van der Waals surface area contributed by atoms with Gasteiger partial charge in [0.25, 0.3) is 18.2 Å². The molecular formula is C26H27F2N5O3S. The zero-order chi connectivity index (χ0) is 26.7. The van der Waals surface area contributed by atoms with E-state index in [2.05, 4.69) is 10.3 Å². The summed E-state index contributed by atoms with van der Waals surface area (Å²) in [6, 6.07) is 9.58. The molecule has 1 atom stereocenters. The first-order valence-corrected chi connectivity index (χ1v) is 12.8. The lowest BCUT2D eigenvalue weighted by molar-refractivity contribution is -0.127. The maximum atomic E-state index is 13.2. The number of fused-ring (bicyclic) bond motifs is 1. The Morgan fingerprint density at radius 2 is 2.11 bits per heavy atom. The summed E-state index contributed by atoms with van der Waals surface area (Å²) < 4.78 is 27.8. The van der Waals surface area contributed by atoms with Crippen LogP contribution in [-0.4, -0.2) is 44.0 Å². The predicted octanol–water partition coefficient (Wildman–Crippen LogP) is 4.88. The summed E-state index contributed by atoms with van der Waals surface area (Å²) in [6.45, 7) is 4.44. The molecule has 0 bridgehead atoms. The van der Waals surface area contributed by atoms with Crippen LogP contribution in [0.4, 0.5) is 14.7 Å². The minimum absolute atomic E-state index is 0.0441. The van der Waals surface area contributed by atoms with Gasteiger partial charge in [0.05, 0.1) is 33.4 Å². The molecule has 3 aromatic rings. The van der Waals surface area contributed by atoms with E-state index < -0.39 is 12.3 Å². The summed E-state index contributed by atoms with van der Waals surface area (Å²) in [5, 5.41) is 21.8. The van der Waals surface area contributed by atoms with Crippen LogP contribution < -0.4 is 5.32 Å². The van der Waals surface area contributed by atoms with Crippen LogP contribution in [0.25, 0.3) is 11.0 Å². The molecular weight excluding hydrogens is 500 g/mol. The molecule has 11 heteroatoms. The van der Waals surface area contributed by atoms with Gasteiger partial charge in [-0.1, -0.05) is 26.0 Å². The molecule has 1 fully saturated rings. The molecule has 2 aromatic heterocycles. The number of allylic oxidation sites excluding steroid dienone is 1. The SMILES string of the molecule is CC(C)/C=C(\C#N)C(=O)N1CCC[C@@H]1Cn1c(NC(=O)c2ccc(C(F)F)s2)nc2cc(CO)ccc21. The molecule has 8 nitrogen and oxygen atoms in total. The average Bonchev–Trinajstić information content (AvgIpc) is 3.61. The number of anilines is 1. The molecule has 3 heterocycles. The molecule has 1 aromatic carbocycles. The molecule has 2 N–H and O–H groups in total. The van der Waals surface area contributed by atoms with E-state index in [-0.39, 0.29) is 45.7 Å². The van der Waals surface area contributed by atoms with Gasteiger partial charge in [0.15, 0.2) is 0 Å². The van der Waals surface area contributed by atoms with Crippen molar-refractivity contribution in [3.8, 4) is 6.07 Å². The number of rotatable bonds is 8. The van der Waals surface area contributed by atoms with Crippen LogP contribution in [0.3, 0.4) is 0 Å². The van der Waals surface area contributed by atoms with Gasteiger partial charge in [-0.15, -0.1) is 11.3 Å². The van der Waals surface area contributed by atoms with Gasteiger partial charge in [-0.3, -0.25) is 14.9 Å². The van der Waals surface area contributed by atoms with E-state index in [1.807, 2.05) is 19.9 Å². The van der Waals surface area contributed by atoms with Crippen molar-refractivity contribution in [3.05, 3.63) is 57.3 Å². The third kappa shape index (κ3) is 5.70. The Hall–Kier alpha value is -3.62. The standard InChI is InChI=1S/C26H27F2N5O3S/c1-15(2)10-17(12-29)25(36)32-9-3-4-18(32)13-33-20-6-5-16(14-34)11-19(20)30-26(33)31-24(35)22-8-7-21(37-22)23(27)28/h5-8,10-11,15,18,23,34H,3-4,9,13-14H2,1-2H3,(H,30,31,35)/b17-10+/t18-/m1/s1. The number of thiophene rings is 1. The number of nitrogens with zero attached hydrogens (tertiary/aromatic N) is 4. The Bertz CT molecular complexity index is 1390. The van der Waals surface area contributed by atoms with E-state index in [1.165, 1.54) is 12.1 Å². The molecule has 1 aliphatic rings. The number of likely N-dealkylation sites (tertiary alicyclic amines) is 1. The van der Waals surface area contributed by atoms with Crippen LogP contribution in [0, 0.1) is 17.2 Å². The van der Waals surface area contributed by atoms with Gasteiger partial charge < -0.3 is 14.6 Å². The number of halogens is 2. The van der Waals surface area contributed by atoms with Crippen LogP contribution in [0.1, 0.15) is 53.2 Å². The lowest BCUT2D eigenvalue weighted by atomic mass is 10.1. The fourth-order valence-electron chi connectivity index (χ4n) is 4.46. The van der Waals surface area contributed by atoms with Gasteiger partial charge in [0.1, 0.15) is 11.6 Å². The van der Waals surface area contributed by atoms with E-state index in [9.17, 15) is 28.7 Å². The quantitative estimate of drug-likeness (QED) is 0.321. The highest BCUT2D eigenvalue weighted by molar-refractivity contribution is 7.14. The highest BCUT2D eigenvalue weighted by Crippen LogP contribution is 2.30.